The summed E-state index contributed by atoms with van der Waals surface area (Å²) in [6.45, 7) is 6.67. The lowest BCUT2D eigenvalue weighted by Gasteiger charge is -2.34. The molecule has 0 fully saturated rings. The van der Waals surface area contributed by atoms with E-state index in [1.54, 1.807) is 0 Å². The Balaban J connectivity index is 1.69. The van der Waals surface area contributed by atoms with Crippen molar-refractivity contribution in [2.75, 3.05) is 11.9 Å². The first-order chi connectivity index (χ1) is 16.8. The molecule has 0 radical (unpaired) electrons. The number of aliphatic imine (C=N–C) groups is 1. The topological polar surface area (TPSA) is 33.4 Å². The van der Waals surface area contributed by atoms with Crippen molar-refractivity contribution in [3.05, 3.63) is 107 Å². The number of aryl methyl sites for hydroxylation is 1. The maximum Gasteiger partial charge on any atom is 0.165 e. The molecule has 6 heteroatoms. The molecule has 1 aromatic heterocycles. The molecule has 0 N–H and O–H groups in total. The van der Waals surface area contributed by atoms with Gasteiger partial charge in [-0.25, -0.2) is 9.67 Å². The fraction of sp³-hybridized carbons (Fsp3) is 0.172. The Bertz CT molecular complexity index is 1560. The molecule has 1 unspecified atom stereocenters. The lowest BCUT2D eigenvalue weighted by molar-refractivity contribution is 0.639. The van der Waals surface area contributed by atoms with Crippen LogP contribution >= 0.6 is 6.04 Å². The molecule has 0 aliphatic carbocycles. The summed E-state index contributed by atoms with van der Waals surface area (Å²) >= 11 is 6.83. The van der Waals surface area contributed by atoms with Gasteiger partial charge in [-0.15, -0.1) is 0 Å². The Morgan fingerprint density at radius 2 is 1.49 bits per heavy atom. The number of hydrogen-bond acceptors (Lipinski definition) is 4. The summed E-state index contributed by atoms with van der Waals surface area (Å²) in [5, 5.41) is 8.37. The first-order valence-electron chi connectivity index (χ1n) is 11.8. The molecule has 0 spiro atoms. The van der Waals surface area contributed by atoms with Crippen LogP contribution in [0.4, 0.5) is 11.5 Å². The number of anilines is 1. The molecule has 4 nitrogen and oxygen atoms in total. The summed E-state index contributed by atoms with van der Waals surface area (Å²) in [6, 6.07) is 27.0. The third kappa shape index (κ3) is 3.08. The molecule has 3 heterocycles. The number of hydrogen-bond donors (Lipinski definition) is 0. The van der Waals surface area contributed by atoms with Crippen molar-refractivity contribution in [3.63, 3.8) is 0 Å². The van der Waals surface area contributed by atoms with Crippen molar-refractivity contribution < 1.29 is 0 Å². The molecule has 35 heavy (non-hydrogen) atoms. The number of fused-ring (bicyclic) bond motifs is 2. The van der Waals surface area contributed by atoms with Crippen LogP contribution in [0.1, 0.15) is 25.1 Å². The highest BCUT2D eigenvalue weighted by Gasteiger charge is 2.46. The van der Waals surface area contributed by atoms with Gasteiger partial charge in [-0.2, -0.15) is 5.10 Å². The zero-order valence-electron chi connectivity index (χ0n) is 20.3. The second-order valence-electron chi connectivity index (χ2n) is 9.64. The molecule has 4 aromatic rings. The second kappa shape index (κ2) is 7.87. The number of benzene rings is 3. The fourth-order valence-electron chi connectivity index (χ4n) is 5.63. The maximum absolute atomic E-state index is 6.83. The monoisotopic (exact) mass is 494 g/mol. The molecule has 174 valence electrons. The van der Waals surface area contributed by atoms with Gasteiger partial charge in [-0.3, -0.25) is 0 Å². The van der Waals surface area contributed by atoms with Crippen LogP contribution in [0.2, 0.25) is 0 Å². The molecular weight excluding hydrogens is 467 g/mol. The van der Waals surface area contributed by atoms with Crippen molar-refractivity contribution in [2.24, 2.45) is 4.99 Å². The summed E-state index contributed by atoms with van der Waals surface area (Å²) in [5.74, 6) is 0.848. The average Bonchev–Trinajstić information content (AvgIpc) is 3.32. The number of aromatic nitrogens is 2. The lowest BCUT2D eigenvalue weighted by atomic mass is 9.84. The van der Waals surface area contributed by atoms with E-state index in [0.29, 0.717) is 0 Å². The van der Waals surface area contributed by atoms with E-state index in [4.69, 9.17) is 21.9 Å². The molecule has 0 saturated heterocycles. The van der Waals surface area contributed by atoms with E-state index in [9.17, 15) is 0 Å². The number of para-hydroxylation sites is 2. The summed E-state index contributed by atoms with van der Waals surface area (Å²) < 4.78 is 1.95. The standard InChI is InChI=1S/C29H27N4PS/c1-20-26-28(33(31-20)21-13-7-5-8-14-21)30-19-25(34(26,35)22-15-9-6-10-16-22)27-29(2,3)23-17-11-12-18-24(23)32(27)4/h5-19H,1-4H3/b27-25-. The number of likely N-dealkylation sites (N-methyl/N-ethyl adjacent to an activating group) is 1. The molecule has 2 aliphatic heterocycles. The number of allylic oxidation sites excluding steroid dienone is 2. The maximum atomic E-state index is 6.83. The van der Waals surface area contributed by atoms with Gasteiger partial charge >= 0.3 is 0 Å². The molecule has 2 aliphatic rings. The van der Waals surface area contributed by atoms with E-state index in [1.807, 2.05) is 29.1 Å². The predicted octanol–water partition coefficient (Wildman–Crippen LogP) is 5.97. The molecule has 1 atom stereocenters. The molecule has 6 rings (SSSR count). The van der Waals surface area contributed by atoms with Gasteiger partial charge in [0.25, 0.3) is 0 Å². The third-order valence-corrected chi connectivity index (χ3v) is 12.2. The molecule has 0 amide bonds. The van der Waals surface area contributed by atoms with Crippen molar-refractivity contribution in [1.29, 1.82) is 0 Å². The van der Waals surface area contributed by atoms with Crippen molar-refractivity contribution in [2.45, 2.75) is 26.2 Å². The summed E-state index contributed by atoms with van der Waals surface area (Å²) in [5.41, 5.74) is 5.51. The largest absolute Gasteiger partial charge is 0.346 e. The van der Waals surface area contributed by atoms with Crippen LogP contribution in [0.3, 0.4) is 0 Å². The van der Waals surface area contributed by atoms with Crippen LogP contribution in [0.5, 0.6) is 0 Å². The minimum Gasteiger partial charge on any atom is -0.346 e. The highest BCUT2D eigenvalue weighted by molar-refractivity contribution is 8.24. The summed E-state index contributed by atoms with van der Waals surface area (Å²) in [7, 11) is 2.16. The van der Waals surface area contributed by atoms with E-state index in [1.165, 1.54) is 22.3 Å². The highest BCUT2D eigenvalue weighted by atomic mass is 32.4. The summed E-state index contributed by atoms with van der Waals surface area (Å²) in [4.78, 5) is 7.37. The van der Waals surface area contributed by atoms with E-state index in [0.717, 1.165) is 27.8 Å². The SMILES string of the molecule is Cc1nn(-c2ccccc2)c2c1P(=S)(c1ccccc1)/C(=C1\N(C)c3ccccc3C1(C)C)C=N2. The van der Waals surface area contributed by atoms with Gasteiger partial charge in [0, 0.05) is 41.4 Å². The van der Waals surface area contributed by atoms with Gasteiger partial charge in [0.15, 0.2) is 5.82 Å². The Morgan fingerprint density at radius 3 is 2.17 bits per heavy atom. The minimum absolute atomic E-state index is 0.202. The van der Waals surface area contributed by atoms with Crippen molar-refractivity contribution >= 4 is 46.2 Å². The fourth-order valence-corrected chi connectivity index (χ4v) is 10.3. The van der Waals surface area contributed by atoms with Crippen LogP contribution in [0, 0.1) is 6.92 Å². The van der Waals surface area contributed by atoms with Crippen LogP contribution in [0.25, 0.3) is 5.69 Å². The van der Waals surface area contributed by atoms with Crippen LogP contribution < -0.4 is 15.5 Å². The Kier molecular flexibility index (Phi) is 5.00. The normalized spacial score (nSPS) is 22.2. The molecular formula is C29H27N4PS. The van der Waals surface area contributed by atoms with E-state index >= 15 is 0 Å². The average molecular weight is 495 g/mol. The van der Waals surface area contributed by atoms with Crippen molar-refractivity contribution in [3.8, 4) is 5.69 Å². The van der Waals surface area contributed by atoms with Crippen LogP contribution in [0.15, 0.2) is 101 Å². The van der Waals surface area contributed by atoms with Gasteiger partial charge in [-0.1, -0.05) is 92.4 Å². The van der Waals surface area contributed by atoms with E-state index < -0.39 is 6.04 Å². The van der Waals surface area contributed by atoms with Gasteiger partial charge in [-0.05, 0) is 36.0 Å². The predicted molar refractivity (Wildman–Crippen MR) is 151 cm³/mol. The molecule has 0 saturated carbocycles. The van der Waals surface area contributed by atoms with Crippen LogP contribution in [-0.2, 0) is 17.2 Å². The minimum atomic E-state index is -2.46. The highest BCUT2D eigenvalue weighted by Crippen LogP contribution is 2.61. The summed E-state index contributed by atoms with van der Waals surface area (Å²) in [6.07, 6.45) is 2.04. The second-order valence-corrected chi connectivity index (χ2v) is 14.0. The van der Waals surface area contributed by atoms with Gasteiger partial charge in [0.05, 0.1) is 16.7 Å². The smallest absolute Gasteiger partial charge is 0.165 e. The third-order valence-electron chi connectivity index (χ3n) is 7.20. The Hall–Kier alpha value is -3.27. The van der Waals surface area contributed by atoms with Gasteiger partial charge in [0.1, 0.15) is 0 Å². The van der Waals surface area contributed by atoms with E-state index in [2.05, 4.69) is 99.4 Å². The molecule has 0 bridgehead atoms. The lowest BCUT2D eigenvalue weighted by Crippen LogP contribution is -2.30. The van der Waals surface area contributed by atoms with Crippen molar-refractivity contribution in [1.82, 2.24) is 9.78 Å². The number of rotatable bonds is 2. The quantitative estimate of drug-likeness (QED) is 0.322. The first-order valence-corrected chi connectivity index (χ1v) is 14.6. The Labute approximate surface area is 211 Å². The van der Waals surface area contributed by atoms with E-state index in [-0.39, 0.29) is 5.41 Å². The molecule has 3 aromatic carbocycles. The number of nitrogens with zero attached hydrogens (tertiary/aromatic N) is 4. The van der Waals surface area contributed by atoms with Crippen LogP contribution in [-0.4, -0.2) is 23.0 Å². The first kappa shape index (κ1) is 22.2. The van der Waals surface area contributed by atoms with Gasteiger partial charge in [0.2, 0.25) is 0 Å². The zero-order valence-corrected chi connectivity index (χ0v) is 22.0. The van der Waals surface area contributed by atoms with Gasteiger partial charge < -0.3 is 4.90 Å². The zero-order chi connectivity index (χ0) is 24.4. The Morgan fingerprint density at radius 1 is 0.857 bits per heavy atom.